The maximum atomic E-state index is 12.4. The molecule has 2 rings (SSSR count). The third-order valence-corrected chi connectivity index (χ3v) is 7.27. The van der Waals surface area contributed by atoms with Gasteiger partial charge in [-0.05, 0) is 24.3 Å². The molecule has 0 saturated heterocycles. The quantitative estimate of drug-likeness (QED) is 0.645. The van der Waals surface area contributed by atoms with E-state index >= 15 is 0 Å². The molecule has 0 spiro atoms. The van der Waals surface area contributed by atoms with Gasteiger partial charge in [-0.2, -0.15) is 8.42 Å². The summed E-state index contributed by atoms with van der Waals surface area (Å²) in [5, 5.41) is 1.28. The first-order chi connectivity index (χ1) is 12.9. The highest BCUT2D eigenvalue weighted by Gasteiger charge is 2.28. The predicted molar refractivity (Wildman–Crippen MR) is 102 cm³/mol. The van der Waals surface area contributed by atoms with Gasteiger partial charge in [0.1, 0.15) is 10.6 Å². The molecule has 11 heteroatoms. The fourth-order valence-electron chi connectivity index (χ4n) is 2.40. The van der Waals surface area contributed by atoms with Gasteiger partial charge in [-0.25, -0.2) is 16.8 Å². The lowest BCUT2D eigenvalue weighted by Crippen LogP contribution is -2.08. The largest absolute Gasteiger partial charge is 0.496 e. The van der Waals surface area contributed by atoms with Gasteiger partial charge in [0.05, 0.1) is 16.9 Å². The summed E-state index contributed by atoms with van der Waals surface area (Å²) in [5.74, 6) is -0.0342. The molecule has 0 saturated carbocycles. The van der Waals surface area contributed by atoms with E-state index in [0.29, 0.717) is 10.8 Å². The van der Waals surface area contributed by atoms with Crippen LogP contribution in [0.1, 0.15) is 0 Å². The third-order valence-electron chi connectivity index (χ3n) is 3.69. The van der Waals surface area contributed by atoms with Crippen molar-refractivity contribution in [3.63, 3.8) is 0 Å². The van der Waals surface area contributed by atoms with Crippen molar-refractivity contribution in [2.75, 3.05) is 7.11 Å². The van der Waals surface area contributed by atoms with E-state index in [1.165, 1.54) is 19.2 Å². The maximum absolute atomic E-state index is 12.4. The van der Waals surface area contributed by atoms with Crippen LogP contribution in [0.5, 0.6) is 5.75 Å². The molecule has 8 nitrogen and oxygen atoms in total. The molecule has 0 atom stereocenters. The molecular weight excluding hydrogens is 428 g/mol. The van der Waals surface area contributed by atoms with E-state index in [4.69, 9.17) is 4.74 Å². The zero-order valence-electron chi connectivity index (χ0n) is 14.5. The van der Waals surface area contributed by atoms with Gasteiger partial charge < -0.3 is 4.74 Å². The third kappa shape index (κ3) is 4.02. The summed E-state index contributed by atoms with van der Waals surface area (Å²) < 4.78 is 87.6. The topological polar surface area (TPSA) is 132 Å². The summed E-state index contributed by atoms with van der Waals surface area (Å²) >= 11 is 0. The molecule has 2 aromatic rings. The summed E-state index contributed by atoms with van der Waals surface area (Å²) in [6.07, 6.45) is 0. The van der Waals surface area contributed by atoms with E-state index in [1.807, 2.05) is 0 Å². The first-order valence-electron chi connectivity index (χ1n) is 7.34. The van der Waals surface area contributed by atoms with Crippen LogP contribution in [0.3, 0.4) is 0 Å². The highest BCUT2D eigenvalue weighted by Crippen LogP contribution is 2.40. The molecule has 0 heterocycles. The highest BCUT2D eigenvalue weighted by molar-refractivity contribution is 7.94. The Hall–Kier alpha value is -2.47. The second kappa shape index (κ2) is 7.51. The fraction of sp³-hybridized carbons (Fsp3) is 0.0588. The summed E-state index contributed by atoms with van der Waals surface area (Å²) in [7, 11) is -11.8. The number of methoxy groups -OCH3 is 1. The minimum absolute atomic E-state index is 0.0342. The Labute approximate surface area is 163 Å². The molecule has 149 valence electrons. The van der Waals surface area contributed by atoms with Gasteiger partial charge in [0, 0.05) is 28.0 Å². The Bertz CT molecular complexity index is 1270. The van der Waals surface area contributed by atoms with Crippen molar-refractivity contribution >= 4 is 29.8 Å². The van der Waals surface area contributed by atoms with Crippen LogP contribution in [0.15, 0.2) is 69.0 Å². The van der Waals surface area contributed by atoms with Crippen LogP contribution in [0, 0.1) is 6.07 Å². The van der Waals surface area contributed by atoms with Crippen LogP contribution >= 0.6 is 0 Å². The number of hydrogen-bond acceptors (Lipinski definition) is 7. The van der Waals surface area contributed by atoms with E-state index in [0.717, 1.165) is 18.2 Å². The molecule has 0 aliphatic rings. The second-order valence-electron chi connectivity index (χ2n) is 5.31. The number of benzene rings is 2. The molecular formula is C17H15O8S3. The van der Waals surface area contributed by atoms with Gasteiger partial charge in [-0.3, -0.25) is 4.55 Å². The lowest BCUT2D eigenvalue weighted by Gasteiger charge is -2.16. The minimum atomic E-state index is -4.93. The predicted octanol–water partition coefficient (Wildman–Crippen LogP) is 2.24. The van der Waals surface area contributed by atoms with E-state index in [1.54, 1.807) is 0 Å². The van der Waals surface area contributed by atoms with Gasteiger partial charge >= 0.3 is 0 Å². The molecule has 1 N–H and O–H groups in total. The highest BCUT2D eigenvalue weighted by atomic mass is 32.2. The Morgan fingerprint density at radius 1 is 1.00 bits per heavy atom. The number of sulfone groups is 2. The van der Waals surface area contributed by atoms with Gasteiger partial charge in [0.2, 0.25) is 0 Å². The monoisotopic (exact) mass is 443 g/mol. The normalized spacial score (nSPS) is 12.4. The SMILES string of the molecule is C=CS(=O)(=O)c1ccc(OC)c(-c2c(S(=O)(=O)O)[c]ccc2S(=O)(=O)C=C)c1. The van der Waals surface area contributed by atoms with Crippen molar-refractivity contribution in [1.82, 2.24) is 0 Å². The van der Waals surface area contributed by atoms with Crippen LogP contribution in [-0.4, -0.2) is 36.9 Å². The van der Waals surface area contributed by atoms with Gasteiger partial charge in [-0.15, -0.1) is 0 Å². The molecule has 0 amide bonds. The molecule has 1 radical (unpaired) electrons. The van der Waals surface area contributed by atoms with Crippen LogP contribution < -0.4 is 4.74 Å². The van der Waals surface area contributed by atoms with Crippen LogP contribution in [0.4, 0.5) is 0 Å². The average Bonchev–Trinajstić information content (AvgIpc) is 2.66. The van der Waals surface area contributed by atoms with E-state index in [-0.39, 0.29) is 16.2 Å². The molecule has 28 heavy (non-hydrogen) atoms. The maximum Gasteiger partial charge on any atom is 0.295 e. The lowest BCUT2D eigenvalue weighted by atomic mass is 10.0. The molecule has 0 aromatic heterocycles. The molecule has 2 aromatic carbocycles. The van der Waals surface area contributed by atoms with Crippen molar-refractivity contribution in [2.45, 2.75) is 14.7 Å². The summed E-state index contributed by atoms with van der Waals surface area (Å²) in [5.41, 5.74) is -0.696. The first kappa shape index (κ1) is 21.8. The molecule has 0 bridgehead atoms. The number of ether oxygens (including phenoxy) is 1. The van der Waals surface area contributed by atoms with Crippen molar-refractivity contribution in [2.24, 2.45) is 0 Å². The van der Waals surface area contributed by atoms with Crippen LogP contribution in [-0.2, 0) is 29.8 Å². The van der Waals surface area contributed by atoms with E-state index in [9.17, 15) is 29.8 Å². The number of rotatable bonds is 7. The van der Waals surface area contributed by atoms with E-state index < -0.39 is 45.1 Å². The smallest absolute Gasteiger partial charge is 0.295 e. The van der Waals surface area contributed by atoms with Crippen LogP contribution in [0.2, 0.25) is 0 Å². The summed E-state index contributed by atoms with van der Waals surface area (Å²) in [6.45, 7) is 6.41. The fourth-order valence-corrected chi connectivity index (χ4v) is 4.83. The first-order valence-corrected chi connectivity index (χ1v) is 11.9. The van der Waals surface area contributed by atoms with E-state index in [2.05, 4.69) is 19.2 Å². The Morgan fingerprint density at radius 2 is 1.61 bits per heavy atom. The summed E-state index contributed by atoms with van der Waals surface area (Å²) in [6, 6.07) is 7.75. The molecule has 0 fully saturated rings. The molecule has 0 aliphatic heterocycles. The van der Waals surface area contributed by atoms with Crippen molar-refractivity contribution < 1.29 is 34.5 Å². The lowest BCUT2D eigenvalue weighted by molar-refractivity contribution is 0.416. The van der Waals surface area contributed by atoms with Crippen LogP contribution in [0.25, 0.3) is 11.1 Å². The Balaban J connectivity index is 3.12. The Kier molecular flexibility index (Phi) is 5.85. The Morgan fingerprint density at radius 3 is 2.11 bits per heavy atom. The standard InChI is InChI=1S/C17H15O8S3/c1-4-26(18,19)12-9-10-14(25-3)13(11-12)17-15(27(20,21)5-2)7-6-8-16(17)28(22,23)24/h4-7,9-11H,1-2H2,3H3,(H,22,23,24). The molecule has 0 aliphatic carbocycles. The molecule has 0 unspecified atom stereocenters. The minimum Gasteiger partial charge on any atom is -0.496 e. The zero-order valence-corrected chi connectivity index (χ0v) is 16.9. The van der Waals surface area contributed by atoms with Gasteiger partial charge in [0.15, 0.2) is 19.7 Å². The van der Waals surface area contributed by atoms with Crippen molar-refractivity contribution in [1.29, 1.82) is 0 Å². The van der Waals surface area contributed by atoms with Crippen molar-refractivity contribution in [3.05, 3.63) is 60.4 Å². The van der Waals surface area contributed by atoms with Gasteiger partial charge in [0.25, 0.3) is 10.1 Å². The van der Waals surface area contributed by atoms with Crippen molar-refractivity contribution in [3.8, 4) is 16.9 Å². The average molecular weight is 444 g/mol. The number of hydrogen-bond donors (Lipinski definition) is 1. The summed E-state index contributed by atoms with van der Waals surface area (Å²) in [4.78, 5) is -1.67. The van der Waals surface area contributed by atoms with Gasteiger partial charge in [-0.1, -0.05) is 19.2 Å². The second-order valence-corrected chi connectivity index (χ2v) is 10.4. The zero-order chi connectivity index (χ0) is 21.3.